The van der Waals surface area contributed by atoms with Gasteiger partial charge in [0, 0.05) is 35.0 Å². The van der Waals surface area contributed by atoms with Crippen molar-refractivity contribution in [3.05, 3.63) is 113 Å². The smallest absolute Gasteiger partial charge is 0.156 e. The van der Waals surface area contributed by atoms with Gasteiger partial charge in [-0.05, 0) is 72.6 Å². The van der Waals surface area contributed by atoms with Crippen molar-refractivity contribution in [2.45, 2.75) is 38.0 Å². The van der Waals surface area contributed by atoms with E-state index in [1.165, 1.54) is 27.9 Å². The Morgan fingerprint density at radius 2 is 1.97 bits per heavy atom. The zero-order valence-electron chi connectivity index (χ0n) is 21.0. The molecule has 0 fully saturated rings. The standard InChI is InChI=1S/C33H30N2O2/c1-37-24-14-17-27(30(36)18-24)29-19-28(20-6-3-2-4-7-20)34-33(35-29)26-16-13-23-11-10-21-8-5-9-22-12-15-25(26)32(23)31(21)22/h3,5-6,8,10-14,16-20,25,32,36H,2,4,7,9,15H2,1H3. The summed E-state index contributed by atoms with van der Waals surface area (Å²) in [7, 11) is 1.61. The summed E-state index contributed by atoms with van der Waals surface area (Å²) < 4.78 is 5.31. The first-order valence-electron chi connectivity index (χ1n) is 13.3. The average molecular weight is 487 g/mol. The molecule has 5 aliphatic carbocycles. The fourth-order valence-corrected chi connectivity index (χ4v) is 6.56. The van der Waals surface area contributed by atoms with Gasteiger partial charge in [0.25, 0.3) is 0 Å². The second-order valence-corrected chi connectivity index (χ2v) is 10.5. The minimum atomic E-state index is 0.167. The molecular formula is C33H30N2O2. The number of phenolic OH excluding ortho intramolecular Hbond substituents is 1. The van der Waals surface area contributed by atoms with Gasteiger partial charge in [-0.1, -0.05) is 54.7 Å². The fraction of sp³-hybridized carbons (Fsp3) is 0.273. The summed E-state index contributed by atoms with van der Waals surface area (Å²) in [6.07, 6.45) is 25.9. The average Bonchev–Trinajstić information content (AvgIpc) is 2.96. The molecule has 0 spiro atoms. The monoisotopic (exact) mass is 486 g/mol. The summed E-state index contributed by atoms with van der Waals surface area (Å²) >= 11 is 0. The van der Waals surface area contributed by atoms with Gasteiger partial charge in [0.15, 0.2) is 5.82 Å². The number of methoxy groups -OCH3 is 1. The third kappa shape index (κ3) is 3.74. The van der Waals surface area contributed by atoms with E-state index in [-0.39, 0.29) is 11.7 Å². The van der Waals surface area contributed by atoms with Gasteiger partial charge >= 0.3 is 0 Å². The van der Waals surface area contributed by atoms with Gasteiger partial charge in [-0.15, -0.1) is 0 Å². The maximum Gasteiger partial charge on any atom is 0.156 e. The third-order valence-corrected chi connectivity index (χ3v) is 8.41. The van der Waals surface area contributed by atoms with Gasteiger partial charge in [0.1, 0.15) is 11.5 Å². The lowest BCUT2D eigenvalue weighted by atomic mass is 9.62. The van der Waals surface area contributed by atoms with Crippen LogP contribution in [0, 0.1) is 11.8 Å². The highest BCUT2D eigenvalue weighted by Gasteiger charge is 2.40. The summed E-state index contributed by atoms with van der Waals surface area (Å²) in [6.45, 7) is 0. The Kier molecular flexibility index (Phi) is 5.35. The second-order valence-electron chi connectivity index (χ2n) is 10.5. The highest BCUT2D eigenvalue weighted by Crippen LogP contribution is 2.52. The zero-order valence-corrected chi connectivity index (χ0v) is 21.0. The third-order valence-electron chi connectivity index (χ3n) is 8.41. The first-order valence-corrected chi connectivity index (χ1v) is 13.3. The van der Waals surface area contributed by atoms with Crippen molar-refractivity contribution < 1.29 is 9.84 Å². The molecule has 0 saturated carbocycles. The number of aromatic nitrogens is 2. The molecule has 7 rings (SSSR count). The molecule has 1 heterocycles. The molecule has 0 amide bonds. The van der Waals surface area contributed by atoms with Gasteiger partial charge in [0.2, 0.25) is 0 Å². The van der Waals surface area contributed by atoms with Gasteiger partial charge in [0.05, 0.1) is 18.5 Å². The number of phenols is 1. The summed E-state index contributed by atoms with van der Waals surface area (Å²) in [5.74, 6) is 2.49. The van der Waals surface area contributed by atoms with E-state index in [1.54, 1.807) is 13.2 Å². The van der Waals surface area contributed by atoms with Crippen LogP contribution in [0.5, 0.6) is 11.5 Å². The molecule has 4 nitrogen and oxygen atoms in total. The SMILES string of the molecule is COc1ccc(-c2cc(C3C=CCCC3)nc(C3=CC=C4C=CC5=C6C(=CCC3C46)CC=C5)n2)c(O)c1. The van der Waals surface area contributed by atoms with Crippen LogP contribution in [0.2, 0.25) is 0 Å². The molecular weight excluding hydrogens is 456 g/mol. The minimum absolute atomic E-state index is 0.167. The van der Waals surface area contributed by atoms with Gasteiger partial charge < -0.3 is 9.84 Å². The van der Waals surface area contributed by atoms with Crippen molar-refractivity contribution in [1.29, 1.82) is 0 Å². The molecule has 1 N–H and O–H groups in total. The number of hydrogen-bond donors (Lipinski definition) is 1. The Morgan fingerprint density at radius 1 is 1.03 bits per heavy atom. The first kappa shape index (κ1) is 22.3. The summed E-state index contributed by atoms with van der Waals surface area (Å²) in [4.78, 5) is 10.3. The summed E-state index contributed by atoms with van der Waals surface area (Å²) in [5.41, 5.74) is 9.36. The molecule has 3 unspecified atom stereocenters. The minimum Gasteiger partial charge on any atom is -0.507 e. The lowest BCUT2D eigenvalue weighted by Crippen LogP contribution is -2.30. The van der Waals surface area contributed by atoms with Crippen molar-refractivity contribution in [2.75, 3.05) is 7.11 Å². The van der Waals surface area contributed by atoms with Crippen LogP contribution >= 0.6 is 0 Å². The molecule has 1 aromatic heterocycles. The van der Waals surface area contributed by atoms with Crippen molar-refractivity contribution in [1.82, 2.24) is 9.97 Å². The largest absolute Gasteiger partial charge is 0.507 e. The highest BCUT2D eigenvalue weighted by molar-refractivity contribution is 5.75. The van der Waals surface area contributed by atoms with E-state index in [9.17, 15) is 5.11 Å². The topological polar surface area (TPSA) is 55.2 Å². The molecule has 1 aromatic carbocycles. The van der Waals surface area contributed by atoms with E-state index in [0.717, 1.165) is 49.3 Å². The summed E-state index contributed by atoms with van der Waals surface area (Å²) in [5, 5.41) is 10.9. The van der Waals surface area contributed by atoms with Crippen LogP contribution < -0.4 is 4.74 Å². The fourth-order valence-electron chi connectivity index (χ4n) is 6.56. The Hall–Kier alpha value is -3.92. The lowest BCUT2D eigenvalue weighted by molar-refractivity contribution is 0.408. The molecule has 0 bridgehead atoms. The molecule has 0 saturated heterocycles. The molecule has 37 heavy (non-hydrogen) atoms. The van der Waals surface area contributed by atoms with Crippen LogP contribution in [-0.4, -0.2) is 22.2 Å². The van der Waals surface area contributed by atoms with Crippen LogP contribution in [0.4, 0.5) is 0 Å². The van der Waals surface area contributed by atoms with Gasteiger partial charge in [-0.25, -0.2) is 9.97 Å². The van der Waals surface area contributed by atoms with E-state index in [0.29, 0.717) is 23.1 Å². The zero-order chi connectivity index (χ0) is 24.9. The number of aromatic hydroxyl groups is 1. The molecule has 4 heteroatoms. The Balaban J connectivity index is 1.37. The van der Waals surface area contributed by atoms with Crippen molar-refractivity contribution in [3.8, 4) is 22.8 Å². The van der Waals surface area contributed by atoms with Crippen molar-refractivity contribution in [2.24, 2.45) is 11.8 Å². The predicted octanol–water partition coefficient (Wildman–Crippen LogP) is 7.39. The van der Waals surface area contributed by atoms with Crippen molar-refractivity contribution >= 4 is 5.57 Å². The van der Waals surface area contributed by atoms with E-state index in [2.05, 4.69) is 60.8 Å². The number of allylic oxidation sites excluding steroid dienone is 14. The molecule has 2 aromatic rings. The van der Waals surface area contributed by atoms with Crippen LogP contribution in [0.3, 0.4) is 0 Å². The van der Waals surface area contributed by atoms with Crippen LogP contribution in [0.25, 0.3) is 16.8 Å². The molecule has 5 aliphatic rings. The molecule has 3 atom stereocenters. The maximum atomic E-state index is 10.9. The number of ether oxygens (including phenoxy) is 1. The van der Waals surface area contributed by atoms with Crippen LogP contribution in [0.15, 0.2) is 101 Å². The Bertz CT molecular complexity index is 1510. The first-order chi connectivity index (χ1) is 18.2. The van der Waals surface area contributed by atoms with Gasteiger partial charge in [-0.3, -0.25) is 0 Å². The molecule has 0 radical (unpaired) electrons. The quantitative estimate of drug-likeness (QED) is 0.458. The lowest BCUT2D eigenvalue weighted by Gasteiger charge is -2.41. The van der Waals surface area contributed by atoms with Gasteiger partial charge in [-0.2, -0.15) is 0 Å². The highest BCUT2D eigenvalue weighted by atomic mass is 16.5. The predicted molar refractivity (Wildman–Crippen MR) is 147 cm³/mol. The van der Waals surface area contributed by atoms with Crippen LogP contribution in [-0.2, 0) is 0 Å². The Labute approximate surface area is 217 Å². The van der Waals surface area contributed by atoms with E-state index < -0.39 is 0 Å². The van der Waals surface area contributed by atoms with E-state index in [4.69, 9.17) is 14.7 Å². The number of nitrogens with zero attached hydrogens (tertiary/aromatic N) is 2. The second kappa shape index (κ2) is 8.88. The normalized spacial score (nSPS) is 25.3. The molecule has 184 valence electrons. The van der Waals surface area contributed by atoms with E-state index in [1.807, 2.05) is 12.1 Å². The van der Waals surface area contributed by atoms with Crippen molar-refractivity contribution in [3.63, 3.8) is 0 Å². The molecule has 0 aliphatic heterocycles. The Morgan fingerprint density at radius 3 is 2.81 bits per heavy atom. The van der Waals surface area contributed by atoms with E-state index >= 15 is 0 Å². The maximum absolute atomic E-state index is 10.9. The number of rotatable bonds is 4. The number of benzene rings is 1. The summed E-state index contributed by atoms with van der Waals surface area (Å²) in [6, 6.07) is 7.47. The van der Waals surface area contributed by atoms with Crippen LogP contribution in [0.1, 0.15) is 49.5 Å². The number of hydrogen-bond acceptors (Lipinski definition) is 4.